The fourth-order valence-corrected chi connectivity index (χ4v) is 2.41. The minimum atomic E-state index is -0.540. The van der Waals surface area contributed by atoms with E-state index in [1.54, 1.807) is 0 Å². The first kappa shape index (κ1) is 15.2. The minimum absolute atomic E-state index is 0.0897. The van der Waals surface area contributed by atoms with E-state index in [1.165, 1.54) is 18.2 Å². The summed E-state index contributed by atoms with van der Waals surface area (Å²) in [6.45, 7) is 5.78. The molecule has 0 amide bonds. The van der Waals surface area contributed by atoms with Gasteiger partial charge in [0.05, 0.1) is 9.95 Å². The van der Waals surface area contributed by atoms with Crippen LogP contribution in [0.4, 0.5) is 5.69 Å². The summed E-state index contributed by atoms with van der Waals surface area (Å²) in [5, 5.41) is 10.8. The number of ketones is 1. The van der Waals surface area contributed by atoms with Crippen molar-refractivity contribution < 1.29 is 9.72 Å². The number of aryl methyl sites for hydroxylation is 3. The molecule has 0 N–H and O–H groups in total. The van der Waals surface area contributed by atoms with Crippen LogP contribution in [0.15, 0.2) is 30.3 Å². The van der Waals surface area contributed by atoms with Gasteiger partial charge < -0.3 is 0 Å². The Morgan fingerprint density at radius 3 is 2.19 bits per heavy atom. The van der Waals surface area contributed by atoms with Gasteiger partial charge in [0.25, 0.3) is 5.69 Å². The molecular weight excluding hydrogens is 290 g/mol. The van der Waals surface area contributed by atoms with E-state index >= 15 is 0 Å². The standard InChI is InChI=1S/C16H14ClNO3/c1-9-6-11(3)14(7-10(9)2)16(19)13-5-4-12(18(20)21)8-15(13)17/h4-8H,1-3H3. The Labute approximate surface area is 127 Å². The van der Waals surface area contributed by atoms with Crippen molar-refractivity contribution in [1.29, 1.82) is 0 Å². The van der Waals surface area contributed by atoms with Gasteiger partial charge in [0, 0.05) is 23.3 Å². The van der Waals surface area contributed by atoms with Crippen LogP contribution < -0.4 is 0 Å². The summed E-state index contributed by atoms with van der Waals surface area (Å²) in [6.07, 6.45) is 0. The lowest BCUT2D eigenvalue weighted by molar-refractivity contribution is -0.384. The van der Waals surface area contributed by atoms with Crippen LogP contribution >= 0.6 is 11.6 Å². The van der Waals surface area contributed by atoms with Crippen molar-refractivity contribution in [1.82, 2.24) is 0 Å². The van der Waals surface area contributed by atoms with E-state index in [4.69, 9.17) is 11.6 Å². The van der Waals surface area contributed by atoms with Crippen LogP contribution in [0.2, 0.25) is 5.02 Å². The first-order valence-electron chi connectivity index (χ1n) is 6.37. The number of hydrogen-bond acceptors (Lipinski definition) is 3. The molecule has 21 heavy (non-hydrogen) atoms. The average Bonchev–Trinajstić information content (AvgIpc) is 2.42. The van der Waals surface area contributed by atoms with E-state index in [0.29, 0.717) is 5.56 Å². The lowest BCUT2D eigenvalue weighted by Crippen LogP contribution is -2.06. The first-order chi connectivity index (χ1) is 9.81. The molecule has 2 aromatic carbocycles. The fraction of sp³-hybridized carbons (Fsp3) is 0.188. The fourth-order valence-electron chi connectivity index (χ4n) is 2.15. The highest BCUT2D eigenvalue weighted by Gasteiger charge is 2.18. The van der Waals surface area contributed by atoms with E-state index in [2.05, 4.69) is 0 Å². The third-order valence-electron chi connectivity index (χ3n) is 3.49. The monoisotopic (exact) mass is 303 g/mol. The van der Waals surface area contributed by atoms with Crippen LogP contribution in [0.25, 0.3) is 0 Å². The summed E-state index contributed by atoms with van der Waals surface area (Å²) < 4.78 is 0. The van der Waals surface area contributed by atoms with E-state index < -0.39 is 4.92 Å². The largest absolute Gasteiger partial charge is 0.289 e. The van der Waals surface area contributed by atoms with Gasteiger partial charge in [0.15, 0.2) is 5.78 Å². The zero-order chi connectivity index (χ0) is 15.7. The molecule has 0 aliphatic rings. The number of carbonyl (C=O) groups is 1. The van der Waals surface area contributed by atoms with Crippen molar-refractivity contribution >= 4 is 23.1 Å². The second kappa shape index (κ2) is 5.66. The van der Waals surface area contributed by atoms with Crippen molar-refractivity contribution in [2.75, 3.05) is 0 Å². The molecule has 0 fully saturated rings. The normalized spacial score (nSPS) is 10.5. The zero-order valence-electron chi connectivity index (χ0n) is 11.9. The van der Waals surface area contributed by atoms with Gasteiger partial charge in [-0.1, -0.05) is 17.7 Å². The molecule has 0 spiro atoms. The minimum Gasteiger partial charge on any atom is -0.289 e. The molecule has 2 aromatic rings. The Balaban J connectivity index is 2.50. The summed E-state index contributed by atoms with van der Waals surface area (Å²) >= 11 is 6.02. The number of hydrogen-bond donors (Lipinski definition) is 0. The van der Waals surface area contributed by atoms with Gasteiger partial charge in [-0.15, -0.1) is 0 Å². The van der Waals surface area contributed by atoms with Crippen LogP contribution in [-0.4, -0.2) is 10.7 Å². The summed E-state index contributed by atoms with van der Waals surface area (Å²) in [4.78, 5) is 22.7. The molecule has 0 saturated heterocycles. The van der Waals surface area contributed by atoms with E-state index in [9.17, 15) is 14.9 Å². The third kappa shape index (κ3) is 2.95. The van der Waals surface area contributed by atoms with Crippen LogP contribution in [0.3, 0.4) is 0 Å². The predicted octanol–water partition coefficient (Wildman–Crippen LogP) is 4.40. The van der Waals surface area contributed by atoms with Crippen molar-refractivity contribution in [3.63, 3.8) is 0 Å². The molecule has 5 heteroatoms. The topological polar surface area (TPSA) is 60.2 Å². The Morgan fingerprint density at radius 2 is 1.62 bits per heavy atom. The third-order valence-corrected chi connectivity index (χ3v) is 3.81. The Bertz CT molecular complexity index is 753. The smallest absolute Gasteiger partial charge is 0.270 e. The van der Waals surface area contributed by atoms with Crippen LogP contribution in [0, 0.1) is 30.9 Å². The Hall–Kier alpha value is -2.20. The maximum Gasteiger partial charge on any atom is 0.270 e. The van der Waals surface area contributed by atoms with Gasteiger partial charge >= 0.3 is 0 Å². The molecule has 0 bridgehead atoms. The number of halogens is 1. The second-order valence-corrected chi connectivity index (χ2v) is 5.41. The van der Waals surface area contributed by atoms with Gasteiger partial charge in [-0.25, -0.2) is 0 Å². The summed E-state index contributed by atoms with van der Waals surface area (Å²) in [5.41, 5.74) is 3.69. The van der Waals surface area contributed by atoms with Crippen LogP contribution in [0.5, 0.6) is 0 Å². The predicted molar refractivity (Wildman–Crippen MR) is 82.2 cm³/mol. The molecule has 0 radical (unpaired) electrons. The molecule has 108 valence electrons. The highest BCUT2D eigenvalue weighted by molar-refractivity contribution is 6.35. The number of nitro benzene ring substituents is 1. The molecule has 0 aliphatic carbocycles. The maximum absolute atomic E-state index is 12.6. The lowest BCUT2D eigenvalue weighted by Gasteiger charge is -2.10. The van der Waals surface area contributed by atoms with Gasteiger partial charge in [-0.05, 0) is 49.6 Å². The van der Waals surface area contributed by atoms with E-state index in [1.807, 2.05) is 32.9 Å². The first-order valence-corrected chi connectivity index (χ1v) is 6.75. The van der Waals surface area contributed by atoms with E-state index in [-0.39, 0.29) is 22.1 Å². The molecule has 0 heterocycles. The molecular formula is C16H14ClNO3. The molecule has 0 saturated carbocycles. The van der Waals surface area contributed by atoms with Crippen LogP contribution in [-0.2, 0) is 0 Å². The number of carbonyl (C=O) groups excluding carboxylic acids is 1. The van der Waals surface area contributed by atoms with Gasteiger partial charge in [0.2, 0.25) is 0 Å². The molecule has 2 rings (SSSR count). The Kier molecular flexibility index (Phi) is 4.09. The maximum atomic E-state index is 12.6. The van der Waals surface area contributed by atoms with Crippen molar-refractivity contribution in [2.24, 2.45) is 0 Å². The average molecular weight is 304 g/mol. The molecule has 0 aromatic heterocycles. The lowest BCUT2D eigenvalue weighted by atomic mass is 9.94. The SMILES string of the molecule is Cc1cc(C)c(C(=O)c2ccc([N+](=O)[O-])cc2Cl)cc1C. The summed E-state index contributed by atoms with van der Waals surface area (Å²) in [6, 6.07) is 7.66. The van der Waals surface area contributed by atoms with E-state index in [0.717, 1.165) is 16.7 Å². The van der Waals surface area contributed by atoms with Gasteiger partial charge in [-0.3, -0.25) is 14.9 Å². The van der Waals surface area contributed by atoms with Crippen LogP contribution in [0.1, 0.15) is 32.6 Å². The zero-order valence-corrected chi connectivity index (χ0v) is 12.7. The van der Waals surface area contributed by atoms with Crippen molar-refractivity contribution in [2.45, 2.75) is 20.8 Å². The Morgan fingerprint density at radius 1 is 1.00 bits per heavy atom. The van der Waals surface area contributed by atoms with Crippen molar-refractivity contribution in [3.8, 4) is 0 Å². The highest BCUT2D eigenvalue weighted by Crippen LogP contribution is 2.26. The number of nitrogens with zero attached hydrogens (tertiary/aromatic N) is 1. The number of rotatable bonds is 3. The number of benzene rings is 2. The van der Waals surface area contributed by atoms with Gasteiger partial charge in [0.1, 0.15) is 0 Å². The molecule has 0 aliphatic heterocycles. The quantitative estimate of drug-likeness (QED) is 0.479. The molecule has 4 nitrogen and oxygen atoms in total. The molecule has 0 atom stereocenters. The highest BCUT2D eigenvalue weighted by atomic mass is 35.5. The number of non-ortho nitro benzene ring substituents is 1. The summed E-state index contributed by atoms with van der Waals surface area (Å²) in [5.74, 6) is -0.226. The molecule has 0 unspecified atom stereocenters. The van der Waals surface area contributed by atoms with Gasteiger partial charge in [-0.2, -0.15) is 0 Å². The number of nitro groups is 1. The summed E-state index contributed by atoms with van der Waals surface area (Å²) in [7, 11) is 0. The second-order valence-electron chi connectivity index (χ2n) is 5.00. The van der Waals surface area contributed by atoms with Crippen molar-refractivity contribution in [3.05, 3.63) is 73.3 Å².